The first-order valence-electron chi connectivity index (χ1n) is 8.52. The van der Waals surface area contributed by atoms with Crippen LogP contribution in [0.25, 0.3) is 10.8 Å². The first-order chi connectivity index (χ1) is 13.6. The summed E-state index contributed by atoms with van der Waals surface area (Å²) in [6.45, 7) is 1.77. The maximum atomic E-state index is 12.8. The smallest absolute Gasteiger partial charge is 0.347 e. The second kappa shape index (κ2) is 7.70. The molecule has 0 atom stereocenters. The zero-order chi connectivity index (χ0) is 19.5. The Balaban J connectivity index is 1.58. The van der Waals surface area contributed by atoms with Gasteiger partial charge >= 0.3 is 5.97 Å². The largest absolute Gasteiger partial charge is 0.485 e. The molecule has 3 aromatic carbocycles. The topological polar surface area (TPSA) is 74.5 Å². The van der Waals surface area contributed by atoms with Crippen molar-refractivity contribution in [3.8, 4) is 11.5 Å². The van der Waals surface area contributed by atoms with Gasteiger partial charge in [-0.05, 0) is 24.3 Å². The van der Waals surface area contributed by atoms with E-state index in [4.69, 9.17) is 25.6 Å². The molecule has 0 saturated carbocycles. The van der Waals surface area contributed by atoms with E-state index in [2.05, 4.69) is 10.1 Å². The summed E-state index contributed by atoms with van der Waals surface area (Å²) >= 11 is 6.23. The fraction of sp³-hybridized carbons (Fsp3) is 0.0952. The van der Waals surface area contributed by atoms with E-state index in [-0.39, 0.29) is 6.61 Å². The number of aryl methyl sites for hydroxylation is 1. The molecule has 4 rings (SSSR count). The van der Waals surface area contributed by atoms with Gasteiger partial charge in [-0.15, -0.1) is 0 Å². The molecule has 0 saturated heterocycles. The molecule has 4 aromatic rings. The van der Waals surface area contributed by atoms with Gasteiger partial charge in [0.2, 0.25) is 11.7 Å². The van der Waals surface area contributed by atoms with Crippen molar-refractivity contribution in [2.24, 2.45) is 0 Å². The molecule has 7 heteroatoms. The highest BCUT2D eigenvalue weighted by Crippen LogP contribution is 2.32. The van der Waals surface area contributed by atoms with E-state index in [1.807, 2.05) is 24.3 Å². The minimum absolute atomic E-state index is 0.0749. The lowest BCUT2D eigenvalue weighted by Crippen LogP contribution is -2.11. The number of para-hydroxylation sites is 1. The van der Waals surface area contributed by atoms with Crippen molar-refractivity contribution in [1.29, 1.82) is 0 Å². The van der Waals surface area contributed by atoms with Crippen LogP contribution in [0.2, 0.25) is 5.02 Å². The predicted molar refractivity (Wildman–Crippen MR) is 104 cm³/mol. The van der Waals surface area contributed by atoms with E-state index < -0.39 is 5.97 Å². The number of ether oxygens (including phenoxy) is 2. The van der Waals surface area contributed by atoms with Crippen LogP contribution in [0.1, 0.15) is 22.1 Å². The van der Waals surface area contributed by atoms with Gasteiger partial charge < -0.3 is 14.0 Å². The van der Waals surface area contributed by atoms with E-state index in [1.165, 1.54) is 0 Å². The lowest BCUT2D eigenvalue weighted by atomic mass is 10.1. The van der Waals surface area contributed by atoms with Gasteiger partial charge in [0.1, 0.15) is 17.1 Å². The third-order valence-corrected chi connectivity index (χ3v) is 4.40. The SMILES string of the molecule is Cc1nc(COc2ccccc2C(=O)Oc2ccc(Cl)c3ccccc23)no1. The monoisotopic (exact) mass is 394 g/mol. The summed E-state index contributed by atoms with van der Waals surface area (Å²) < 4.78 is 16.2. The lowest BCUT2D eigenvalue weighted by molar-refractivity contribution is 0.0732. The second-order valence-electron chi connectivity index (χ2n) is 6.00. The van der Waals surface area contributed by atoms with Crippen molar-refractivity contribution < 1.29 is 18.8 Å². The van der Waals surface area contributed by atoms with Crippen molar-refractivity contribution in [3.05, 3.63) is 83.0 Å². The first kappa shape index (κ1) is 18.0. The summed E-state index contributed by atoms with van der Waals surface area (Å²) in [7, 11) is 0. The summed E-state index contributed by atoms with van der Waals surface area (Å²) in [5.74, 6) is 1.10. The molecule has 28 heavy (non-hydrogen) atoms. The van der Waals surface area contributed by atoms with Crippen LogP contribution in [0.15, 0.2) is 65.2 Å². The molecule has 0 fully saturated rings. The maximum absolute atomic E-state index is 12.8. The number of rotatable bonds is 5. The van der Waals surface area contributed by atoms with Crippen LogP contribution in [-0.4, -0.2) is 16.1 Å². The van der Waals surface area contributed by atoms with Crippen LogP contribution in [0.3, 0.4) is 0 Å². The van der Waals surface area contributed by atoms with E-state index in [1.54, 1.807) is 43.3 Å². The number of esters is 1. The lowest BCUT2D eigenvalue weighted by Gasteiger charge is -2.12. The zero-order valence-corrected chi connectivity index (χ0v) is 15.6. The Morgan fingerprint density at radius 1 is 1.00 bits per heavy atom. The van der Waals surface area contributed by atoms with Gasteiger partial charge in [-0.3, -0.25) is 0 Å². The van der Waals surface area contributed by atoms with Crippen molar-refractivity contribution in [2.45, 2.75) is 13.5 Å². The summed E-state index contributed by atoms with van der Waals surface area (Å²) in [4.78, 5) is 16.9. The van der Waals surface area contributed by atoms with Crippen molar-refractivity contribution in [3.63, 3.8) is 0 Å². The molecule has 0 spiro atoms. The fourth-order valence-corrected chi connectivity index (χ4v) is 3.01. The van der Waals surface area contributed by atoms with E-state index in [0.717, 1.165) is 10.8 Å². The van der Waals surface area contributed by atoms with E-state index in [0.29, 0.717) is 33.8 Å². The quantitative estimate of drug-likeness (QED) is 0.351. The Bertz CT molecular complexity index is 1160. The standard InChI is InChI=1S/C21H15ClN2O4/c1-13-23-20(24-28-13)12-26-18-9-5-4-8-16(18)21(25)27-19-11-10-17(22)14-6-2-3-7-15(14)19/h2-11H,12H2,1H3. The molecule has 6 nitrogen and oxygen atoms in total. The van der Waals surface area contributed by atoms with Gasteiger partial charge in [-0.25, -0.2) is 4.79 Å². The third kappa shape index (κ3) is 3.68. The number of hydrogen-bond acceptors (Lipinski definition) is 6. The number of carbonyl (C=O) groups excluding carboxylic acids is 1. The minimum atomic E-state index is -0.535. The molecule has 0 aliphatic heterocycles. The first-order valence-corrected chi connectivity index (χ1v) is 8.90. The van der Waals surface area contributed by atoms with Crippen molar-refractivity contribution in [1.82, 2.24) is 10.1 Å². The van der Waals surface area contributed by atoms with E-state index in [9.17, 15) is 4.79 Å². The average molecular weight is 395 g/mol. The molecule has 140 valence electrons. The van der Waals surface area contributed by atoms with E-state index >= 15 is 0 Å². The molecule has 1 aromatic heterocycles. The number of fused-ring (bicyclic) bond motifs is 1. The van der Waals surface area contributed by atoms with Crippen molar-refractivity contribution >= 4 is 28.3 Å². The second-order valence-corrected chi connectivity index (χ2v) is 6.40. The highest BCUT2D eigenvalue weighted by atomic mass is 35.5. The Morgan fingerprint density at radius 3 is 2.54 bits per heavy atom. The number of hydrogen-bond donors (Lipinski definition) is 0. The Morgan fingerprint density at radius 2 is 1.75 bits per heavy atom. The molecule has 1 heterocycles. The minimum Gasteiger partial charge on any atom is -0.485 e. The highest BCUT2D eigenvalue weighted by Gasteiger charge is 2.17. The van der Waals surface area contributed by atoms with Crippen LogP contribution in [0.5, 0.6) is 11.5 Å². The summed E-state index contributed by atoms with van der Waals surface area (Å²) in [5, 5.41) is 5.93. The molecule has 0 radical (unpaired) electrons. The van der Waals surface area contributed by atoms with Gasteiger partial charge in [0.05, 0.1) is 0 Å². The van der Waals surface area contributed by atoms with Gasteiger partial charge in [-0.1, -0.05) is 53.2 Å². The molecule has 0 amide bonds. The molecule has 0 bridgehead atoms. The Labute approximate surface area is 165 Å². The highest BCUT2D eigenvalue weighted by molar-refractivity contribution is 6.35. The van der Waals surface area contributed by atoms with Crippen molar-refractivity contribution in [2.75, 3.05) is 0 Å². The Hall–Kier alpha value is -3.38. The molecule has 0 aliphatic carbocycles. The molecular weight excluding hydrogens is 380 g/mol. The number of carbonyl (C=O) groups is 1. The molecule has 0 N–H and O–H groups in total. The van der Waals surface area contributed by atoms with Crippen LogP contribution in [-0.2, 0) is 6.61 Å². The summed E-state index contributed by atoms with van der Waals surface area (Å²) in [6, 6.07) is 17.7. The van der Waals surface area contributed by atoms with Crippen LogP contribution < -0.4 is 9.47 Å². The Kier molecular flexibility index (Phi) is 4.95. The van der Waals surface area contributed by atoms with Gasteiger partial charge in [0, 0.05) is 22.7 Å². The maximum Gasteiger partial charge on any atom is 0.347 e. The summed E-state index contributed by atoms with van der Waals surface area (Å²) in [6.07, 6.45) is 0. The normalized spacial score (nSPS) is 10.8. The summed E-state index contributed by atoms with van der Waals surface area (Å²) in [5.41, 5.74) is 0.293. The molecule has 0 unspecified atom stereocenters. The number of nitrogens with zero attached hydrogens (tertiary/aromatic N) is 2. The van der Waals surface area contributed by atoms with Crippen LogP contribution in [0, 0.1) is 6.92 Å². The van der Waals surface area contributed by atoms with Crippen LogP contribution >= 0.6 is 11.6 Å². The van der Waals surface area contributed by atoms with Crippen LogP contribution in [0.4, 0.5) is 0 Å². The number of aromatic nitrogens is 2. The number of halogens is 1. The van der Waals surface area contributed by atoms with Gasteiger partial charge in [0.25, 0.3) is 0 Å². The fourth-order valence-electron chi connectivity index (χ4n) is 2.78. The van der Waals surface area contributed by atoms with Gasteiger partial charge in [-0.2, -0.15) is 4.98 Å². The van der Waals surface area contributed by atoms with Gasteiger partial charge in [0.15, 0.2) is 6.61 Å². The third-order valence-electron chi connectivity index (χ3n) is 4.07. The predicted octanol–water partition coefficient (Wildman–Crippen LogP) is 4.98. The molecular formula is C21H15ClN2O4. The number of benzene rings is 3. The zero-order valence-electron chi connectivity index (χ0n) is 14.9. The average Bonchev–Trinajstić information content (AvgIpc) is 3.14. The molecule has 0 aliphatic rings.